The van der Waals surface area contributed by atoms with Gasteiger partial charge in [0, 0.05) is 36.5 Å². The van der Waals surface area contributed by atoms with Crippen LogP contribution in [0.2, 0.25) is 0 Å². The molecule has 1 N–H and O–H groups in total. The first-order chi connectivity index (χ1) is 11.5. The van der Waals surface area contributed by atoms with E-state index in [2.05, 4.69) is 22.0 Å². The summed E-state index contributed by atoms with van der Waals surface area (Å²) in [5, 5.41) is 18.8. The topological polar surface area (TPSA) is 79.7 Å². The summed E-state index contributed by atoms with van der Waals surface area (Å²) in [6, 6.07) is 3.79. The van der Waals surface area contributed by atoms with Crippen LogP contribution in [0.1, 0.15) is 29.9 Å². The van der Waals surface area contributed by atoms with Gasteiger partial charge in [-0.05, 0) is 33.6 Å². The number of aryl methyl sites for hydroxylation is 2. The Kier molecular flexibility index (Phi) is 3.53. The lowest BCUT2D eigenvalue weighted by Gasteiger charge is -2.33. The lowest BCUT2D eigenvalue weighted by atomic mass is 10.1. The average molecular weight is 327 g/mol. The van der Waals surface area contributed by atoms with E-state index < -0.39 is 0 Å². The van der Waals surface area contributed by atoms with Gasteiger partial charge >= 0.3 is 0 Å². The highest BCUT2D eigenvalue weighted by Crippen LogP contribution is 2.28. The zero-order chi connectivity index (χ0) is 16.8. The summed E-state index contributed by atoms with van der Waals surface area (Å²) in [5.74, 6) is 1.75. The summed E-state index contributed by atoms with van der Waals surface area (Å²) in [5.41, 5.74) is 4.29. The number of anilines is 1. The molecule has 1 fully saturated rings. The minimum Gasteiger partial charge on any atom is -0.391 e. The van der Waals surface area contributed by atoms with Crippen molar-refractivity contribution in [2.75, 3.05) is 18.0 Å². The van der Waals surface area contributed by atoms with Crippen molar-refractivity contribution in [3.8, 4) is 11.4 Å². The van der Waals surface area contributed by atoms with Gasteiger partial charge in [0.05, 0.1) is 6.10 Å². The molecule has 0 spiro atoms. The molecule has 7 nitrogen and oxygen atoms in total. The molecule has 1 aliphatic rings. The van der Waals surface area contributed by atoms with Crippen molar-refractivity contribution in [3.05, 3.63) is 29.2 Å². The van der Waals surface area contributed by atoms with E-state index in [1.165, 1.54) is 0 Å². The first-order valence-electron chi connectivity index (χ1n) is 8.26. The quantitative estimate of drug-likeness (QED) is 0.778. The molecule has 1 atom stereocenters. The van der Waals surface area contributed by atoms with E-state index in [1.54, 1.807) is 0 Å². The molecule has 1 saturated heterocycles. The van der Waals surface area contributed by atoms with Crippen LogP contribution in [0.5, 0.6) is 0 Å². The maximum absolute atomic E-state index is 10.0. The largest absolute Gasteiger partial charge is 0.391 e. The maximum Gasteiger partial charge on any atom is 0.158 e. The number of piperidine rings is 1. The molecule has 0 amide bonds. The Morgan fingerprint density at radius 1 is 1.21 bits per heavy atom. The average Bonchev–Trinajstić information content (AvgIpc) is 3.14. The Bertz CT molecular complexity index is 898. The van der Waals surface area contributed by atoms with Gasteiger partial charge in [0.25, 0.3) is 0 Å². The van der Waals surface area contributed by atoms with Gasteiger partial charge in [-0.15, -0.1) is 0 Å². The Balaban J connectivity index is 1.87. The summed E-state index contributed by atoms with van der Waals surface area (Å²) in [6.07, 6.45) is 1.53. The molecular weight excluding hydrogens is 306 g/mol. The van der Waals surface area contributed by atoms with Gasteiger partial charge in [0.15, 0.2) is 5.65 Å². The van der Waals surface area contributed by atoms with Crippen molar-refractivity contribution in [3.63, 3.8) is 0 Å². The summed E-state index contributed by atoms with van der Waals surface area (Å²) < 4.78 is 7.02. The zero-order valence-corrected chi connectivity index (χ0v) is 14.2. The van der Waals surface area contributed by atoms with Crippen LogP contribution in [0.3, 0.4) is 0 Å². The summed E-state index contributed by atoms with van der Waals surface area (Å²) >= 11 is 0. The van der Waals surface area contributed by atoms with Crippen molar-refractivity contribution < 1.29 is 9.63 Å². The number of aliphatic hydroxyl groups excluding tert-OH is 1. The van der Waals surface area contributed by atoms with E-state index in [0.29, 0.717) is 12.2 Å². The minimum absolute atomic E-state index is 0.296. The molecule has 24 heavy (non-hydrogen) atoms. The highest BCUT2D eigenvalue weighted by molar-refractivity contribution is 5.65. The monoisotopic (exact) mass is 327 g/mol. The molecule has 0 saturated carbocycles. The smallest absolute Gasteiger partial charge is 0.158 e. The molecule has 0 unspecified atom stereocenters. The summed E-state index contributed by atoms with van der Waals surface area (Å²) in [6.45, 7) is 7.46. The predicted octanol–water partition coefficient (Wildman–Crippen LogP) is 2.27. The van der Waals surface area contributed by atoms with Crippen LogP contribution in [0.15, 0.2) is 16.7 Å². The van der Waals surface area contributed by atoms with Crippen LogP contribution in [0.25, 0.3) is 17.0 Å². The van der Waals surface area contributed by atoms with E-state index in [0.717, 1.165) is 53.6 Å². The van der Waals surface area contributed by atoms with Crippen LogP contribution in [-0.4, -0.2) is 44.1 Å². The van der Waals surface area contributed by atoms with Crippen molar-refractivity contribution in [1.29, 1.82) is 0 Å². The number of nitrogens with zero attached hydrogens (tertiary/aromatic N) is 5. The van der Waals surface area contributed by atoms with E-state index in [4.69, 9.17) is 9.62 Å². The molecule has 126 valence electrons. The molecule has 0 radical (unpaired) electrons. The van der Waals surface area contributed by atoms with Gasteiger partial charge < -0.3 is 14.5 Å². The fourth-order valence-electron chi connectivity index (χ4n) is 3.31. The van der Waals surface area contributed by atoms with Crippen LogP contribution in [0.4, 0.5) is 5.82 Å². The molecule has 1 aliphatic heterocycles. The second-order valence-corrected chi connectivity index (χ2v) is 6.51. The van der Waals surface area contributed by atoms with Gasteiger partial charge in [-0.25, -0.2) is 4.98 Å². The second kappa shape index (κ2) is 5.59. The number of rotatable bonds is 2. The number of aromatic nitrogens is 4. The van der Waals surface area contributed by atoms with Gasteiger partial charge in [0.1, 0.15) is 23.0 Å². The normalized spacial score (nSPS) is 18.5. The first-order valence-corrected chi connectivity index (χ1v) is 8.26. The molecule has 4 rings (SSSR count). The Morgan fingerprint density at radius 3 is 2.75 bits per heavy atom. The molecule has 3 aromatic heterocycles. The third-order valence-corrected chi connectivity index (χ3v) is 4.64. The van der Waals surface area contributed by atoms with Crippen LogP contribution in [0, 0.1) is 20.8 Å². The number of hydrogen-bond acceptors (Lipinski definition) is 6. The van der Waals surface area contributed by atoms with Crippen molar-refractivity contribution in [1.82, 2.24) is 19.8 Å². The second-order valence-electron chi connectivity index (χ2n) is 6.51. The number of fused-ring (bicyclic) bond motifs is 1. The molecule has 0 aromatic carbocycles. The van der Waals surface area contributed by atoms with E-state index in [1.807, 2.05) is 30.5 Å². The number of hydrogen-bond donors (Lipinski definition) is 1. The Hall–Kier alpha value is -2.41. The molecule has 7 heteroatoms. The Morgan fingerprint density at radius 2 is 2.04 bits per heavy atom. The zero-order valence-electron chi connectivity index (χ0n) is 14.2. The Labute approximate surface area is 139 Å². The first kappa shape index (κ1) is 15.1. The highest BCUT2D eigenvalue weighted by Gasteiger charge is 2.24. The number of β-amino-alcohol motifs (C(OH)–C–C–N with tert-alkyl or cyclic N) is 1. The lowest BCUT2D eigenvalue weighted by molar-refractivity contribution is 0.153. The molecular formula is C17H21N5O2. The highest BCUT2D eigenvalue weighted by atomic mass is 16.5. The van der Waals surface area contributed by atoms with Crippen molar-refractivity contribution >= 4 is 11.5 Å². The molecule has 3 aromatic rings. The van der Waals surface area contributed by atoms with Crippen LogP contribution in [-0.2, 0) is 0 Å². The number of aliphatic hydroxyl groups is 1. The molecule has 0 bridgehead atoms. The van der Waals surface area contributed by atoms with Gasteiger partial charge in [0.2, 0.25) is 0 Å². The van der Waals surface area contributed by atoms with Crippen molar-refractivity contribution in [2.45, 2.75) is 39.7 Å². The summed E-state index contributed by atoms with van der Waals surface area (Å²) in [4.78, 5) is 6.86. The van der Waals surface area contributed by atoms with Gasteiger partial charge in [-0.2, -0.15) is 9.61 Å². The van der Waals surface area contributed by atoms with E-state index in [9.17, 15) is 5.11 Å². The van der Waals surface area contributed by atoms with Crippen molar-refractivity contribution in [2.24, 2.45) is 0 Å². The molecule has 0 aliphatic carbocycles. The maximum atomic E-state index is 10.0. The van der Waals surface area contributed by atoms with E-state index >= 15 is 0 Å². The standard InChI is InChI=1S/C17H21N5O2/c1-10-7-15(20-24-10)14-8-16-18-12(3)11(2)17(22(16)19-14)21-6-4-5-13(23)9-21/h7-8,13,23H,4-6,9H2,1-3H3/t13-/m1/s1. The molecule has 4 heterocycles. The van der Waals surface area contributed by atoms with Gasteiger partial charge in [-0.1, -0.05) is 5.16 Å². The minimum atomic E-state index is -0.296. The third kappa shape index (κ3) is 2.45. The van der Waals surface area contributed by atoms with Crippen LogP contribution < -0.4 is 4.90 Å². The fraction of sp³-hybridized carbons (Fsp3) is 0.471. The van der Waals surface area contributed by atoms with Crippen LogP contribution >= 0.6 is 0 Å². The SMILES string of the molecule is Cc1cc(-c2cc3nc(C)c(C)c(N4CCC[C@@H](O)C4)n3n2)no1. The van der Waals surface area contributed by atoms with E-state index in [-0.39, 0.29) is 6.10 Å². The fourth-order valence-corrected chi connectivity index (χ4v) is 3.31. The van der Waals surface area contributed by atoms with Gasteiger partial charge in [-0.3, -0.25) is 0 Å². The predicted molar refractivity (Wildman–Crippen MR) is 90.1 cm³/mol. The third-order valence-electron chi connectivity index (χ3n) is 4.64. The summed E-state index contributed by atoms with van der Waals surface area (Å²) in [7, 11) is 0. The lowest BCUT2D eigenvalue weighted by Crippen LogP contribution is -2.40.